The highest BCUT2D eigenvalue weighted by Crippen LogP contribution is 2.40. The second-order valence-electron chi connectivity index (χ2n) is 6.91. The van der Waals surface area contributed by atoms with Crippen LogP contribution in [0.3, 0.4) is 0 Å². The predicted octanol–water partition coefficient (Wildman–Crippen LogP) is 3.02. The number of likely N-dealkylation sites (tertiary alicyclic amines) is 1. The highest BCUT2D eigenvalue weighted by Gasteiger charge is 2.38. The molecule has 1 aliphatic carbocycles. The Kier molecular flexibility index (Phi) is 3.66. The summed E-state index contributed by atoms with van der Waals surface area (Å²) in [5, 5.41) is 8.11. The minimum absolute atomic E-state index is 0.0738. The van der Waals surface area contributed by atoms with Crippen molar-refractivity contribution in [2.75, 3.05) is 6.54 Å². The summed E-state index contributed by atoms with van der Waals surface area (Å²) in [6, 6.07) is -0.0864. The van der Waals surface area contributed by atoms with Crippen LogP contribution in [-0.2, 0) is 4.79 Å². The lowest BCUT2D eigenvalue weighted by Crippen LogP contribution is -2.34. The molecule has 0 radical (unpaired) electrons. The Balaban J connectivity index is 1.56. The maximum Gasteiger partial charge on any atom is 0.230 e. The Labute approximate surface area is 140 Å². The minimum atomic E-state index is -0.286. The monoisotopic (exact) mass is 330 g/mol. The van der Waals surface area contributed by atoms with Crippen LogP contribution >= 0.6 is 0 Å². The summed E-state index contributed by atoms with van der Waals surface area (Å²) >= 11 is 0. The first kappa shape index (κ1) is 15.4. The summed E-state index contributed by atoms with van der Waals surface area (Å²) in [6.45, 7) is 6.36. The molecule has 1 saturated carbocycles. The Bertz CT molecular complexity index is 742. The first-order valence-corrected chi connectivity index (χ1v) is 8.63. The van der Waals surface area contributed by atoms with Gasteiger partial charge in [0.05, 0.1) is 17.7 Å². The van der Waals surface area contributed by atoms with Crippen molar-refractivity contribution in [3.05, 3.63) is 28.7 Å². The highest BCUT2D eigenvalue weighted by atomic mass is 16.5. The lowest BCUT2D eigenvalue weighted by Gasteiger charge is -2.25. The standard InChI is InChI=1S/C17H22N4O3/c1-9(14-10(2)19-23-11(14)3)17(22)21-8-4-5-13(21)15-18-16(24-20-15)12-6-7-12/h9,12-13H,4-8H2,1-3H3. The highest BCUT2D eigenvalue weighted by molar-refractivity contribution is 5.84. The van der Waals surface area contributed by atoms with E-state index in [1.54, 1.807) is 0 Å². The minimum Gasteiger partial charge on any atom is -0.361 e. The molecule has 0 spiro atoms. The Morgan fingerprint density at radius 3 is 2.67 bits per heavy atom. The number of hydrogen-bond acceptors (Lipinski definition) is 6. The third-order valence-electron chi connectivity index (χ3n) is 5.11. The summed E-state index contributed by atoms with van der Waals surface area (Å²) in [7, 11) is 0. The van der Waals surface area contributed by atoms with Gasteiger partial charge in [0, 0.05) is 18.0 Å². The molecule has 1 saturated heterocycles. The molecule has 2 aliphatic rings. The molecule has 128 valence electrons. The normalized spacial score (nSPS) is 22.1. The first-order valence-electron chi connectivity index (χ1n) is 8.63. The number of aromatic nitrogens is 3. The molecule has 7 nitrogen and oxygen atoms in total. The molecular weight excluding hydrogens is 308 g/mol. The smallest absolute Gasteiger partial charge is 0.230 e. The van der Waals surface area contributed by atoms with Crippen LogP contribution in [0.2, 0.25) is 0 Å². The van der Waals surface area contributed by atoms with E-state index in [0.717, 1.165) is 49.4 Å². The van der Waals surface area contributed by atoms with Gasteiger partial charge in [-0.15, -0.1) is 0 Å². The summed E-state index contributed by atoms with van der Waals surface area (Å²) in [5.41, 5.74) is 1.66. The molecule has 3 heterocycles. The van der Waals surface area contributed by atoms with Gasteiger partial charge in [0.1, 0.15) is 5.76 Å². The molecule has 2 aromatic heterocycles. The third kappa shape index (κ3) is 2.52. The molecule has 1 amide bonds. The van der Waals surface area contributed by atoms with E-state index in [4.69, 9.17) is 9.05 Å². The van der Waals surface area contributed by atoms with Gasteiger partial charge in [0.2, 0.25) is 11.8 Å². The molecule has 24 heavy (non-hydrogen) atoms. The van der Waals surface area contributed by atoms with Gasteiger partial charge in [0.25, 0.3) is 0 Å². The lowest BCUT2D eigenvalue weighted by molar-refractivity contribution is -0.133. The van der Waals surface area contributed by atoms with Crippen LogP contribution < -0.4 is 0 Å². The number of amides is 1. The second-order valence-corrected chi connectivity index (χ2v) is 6.91. The number of carbonyl (C=O) groups excluding carboxylic acids is 1. The summed E-state index contributed by atoms with van der Waals surface area (Å²) in [5.74, 6) is 2.30. The van der Waals surface area contributed by atoms with Gasteiger partial charge in [-0.2, -0.15) is 4.98 Å². The summed E-state index contributed by atoms with van der Waals surface area (Å²) in [4.78, 5) is 19.5. The number of rotatable bonds is 4. The molecule has 2 aromatic rings. The Hall–Kier alpha value is -2.18. The number of aryl methyl sites for hydroxylation is 2. The molecule has 2 atom stereocenters. The zero-order valence-electron chi connectivity index (χ0n) is 14.3. The van der Waals surface area contributed by atoms with Crippen molar-refractivity contribution in [3.8, 4) is 0 Å². The number of hydrogen-bond donors (Lipinski definition) is 0. The molecule has 2 fully saturated rings. The van der Waals surface area contributed by atoms with Gasteiger partial charge in [-0.1, -0.05) is 10.3 Å². The first-order chi connectivity index (χ1) is 11.6. The SMILES string of the molecule is Cc1noc(C)c1C(C)C(=O)N1CCCC1c1noc(C2CC2)n1. The molecule has 1 aliphatic heterocycles. The van der Waals surface area contributed by atoms with E-state index in [1.807, 2.05) is 25.7 Å². The molecule has 0 N–H and O–H groups in total. The molecule has 0 aromatic carbocycles. The number of nitrogens with zero attached hydrogens (tertiary/aromatic N) is 4. The van der Waals surface area contributed by atoms with Crippen molar-refractivity contribution >= 4 is 5.91 Å². The largest absolute Gasteiger partial charge is 0.361 e. The molecule has 7 heteroatoms. The van der Waals surface area contributed by atoms with Crippen molar-refractivity contribution in [1.29, 1.82) is 0 Å². The van der Waals surface area contributed by atoms with Gasteiger partial charge in [0.15, 0.2) is 5.82 Å². The summed E-state index contributed by atoms with van der Waals surface area (Å²) < 4.78 is 10.6. The van der Waals surface area contributed by atoms with Gasteiger partial charge in [-0.3, -0.25) is 4.79 Å². The van der Waals surface area contributed by atoms with Crippen LogP contribution in [0.25, 0.3) is 0 Å². The average molecular weight is 330 g/mol. The van der Waals surface area contributed by atoms with Gasteiger partial charge in [-0.05, 0) is 46.5 Å². The number of carbonyl (C=O) groups is 1. The van der Waals surface area contributed by atoms with E-state index in [-0.39, 0.29) is 17.9 Å². The van der Waals surface area contributed by atoms with Gasteiger partial charge in [-0.25, -0.2) is 0 Å². The van der Waals surface area contributed by atoms with Gasteiger partial charge < -0.3 is 13.9 Å². The van der Waals surface area contributed by atoms with Crippen molar-refractivity contribution in [3.63, 3.8) is 0 Å². The molecule has 2 unspecified atom stereocenters. The fourth-order valence-electron chi connectivity index (χ4n) is 3.66. The maximum atomic E-state index is 13.1. The van der Waals surface area contributed by atoms with E-state index in [0.29, 0.717) is 17.5 Å². The Morgan fingerprint density at radius 2 is 2.00 bits per heavy atom. The Morgan fingerprint density at radius 1 is 1.21 bits per heavy atom. The fraction of sp³-hybridized carbons (Fsp3) is 0.647. The van der Waals surface area contributed by atoms with E-state index >= 15 is 0 Å². The quantitative estimate of drug-likeness (QED) is 0.856. The van der Waals surface area contributed by atoms with E-state index in [1.165, 1.54) is 0 Å². The average Bonchev–Trinajstić information content (AvgIpc) is 2.99. The van der Waals surface area contributed by atoms with E-state index in [9.17, 15) is 4.79 Å². The third-order valence-corrected chi connectivity index (χ3v) is 5.11. The zero-order chi connectivity index (χ0) is 16.8. The van der Waals surface area contributed by atoms with Crippen LogP contribution in [0.5, 0.6) is 0 Å². The van der Waals surface area contributed by atoms with Crippen molar-refractivity contribution in [2.45, 2.75) is 64.3 Å². The molecule has 0 bridgehead atoms. The van der Waals surface area contributed by atoms with Crippen molar-refractivity contribution in [2.24, 2.45) is 0 Å². The molecule has 4 rings (SSSR count). The second kappa shape index (κ2) is 5.72. The zero-order valence-corrected chi connectivity index (χ0v) is 14.3. The van der Waals surface area contributed by atoms with Crippen molar-refractivity contribution < 1.29 is 13.8 Å². The van der Waals surface area contributed by atoms with Crippen LogP contribution in [0, 0.1) is 13.8 Å². The van der Waals surface area contributed by atoms with Crippen LogP contribution in [-0.4, -0.2) is 32.6 Å². The van der Waals surface area contributed by atoms with Crippen LogP contribution in [0.4, 0.5) is 0 Å². The lowest BCUT2D eigenvalue weighted by atomic mass is 9.97. The van der Waals surface area contributed by atoms with Gasteiger partial charge >= 0.3 is 0 Å². The van der Waals surface area contributed by atoms with Crippen LogP contribution in [0.15, 0.2) is 9.05 Å². The maximum absolute atomic E-state index is 13.1. The van der Waals surface area contributed by atoms with Crippen LogP contribution in [0.1, 0.15) is 79.2 Å². The van der Waals surface area contributed by atoms with Crippen molar-refractivity contribution in [1.82, 2.24) is 20.2 Å². The van der Waals surface area contributed by atoms with E-state index in [2.05, 4.69) is 15.3 Å². The topological polar surface area (TPSA) is 85.3 Å². The van der Waals surface area contributed by atoms with E-state index < -0.39 is 0 Å². The summed E-state index contributed by atoms with van der Waals surface area (Å²) in [6.07, 6.45) is 4.08. The fourth-order valence-corrected chi connectivity index (χ4v) is 3.66. The predicted molar refractivity (Wildman–Crippen MR) is 84.4 cm³/mol. The molecular formula is C17H22N4O3.